The van der Waals surface area contributed by atoms with E-state index < -0.39 is 0 Å². The highest BCUT2D eigenvalue weighted by atomic mass is 35.5. The molecule has 0 aliphatic carbocycles. The van der Waals surface area contributed by atoms with Crippen LogP contribution in [0.5, 0.6) is 5.75 Å². The number of allylic oxidation sites excluding steroid dienone is 1. The minimum atomic E-state index is -0.353. The van der Waals surface area contributed by atoms with Crippen molar-refractivity contribution in [1.29, 1.82) is 0 Å². The molecule has 0 heterocycles. The fourth-order valence-electron chi connectivity index (χ4n) is 2.35. The summed E-state index contributed by atoms with van der Waals surface area (Å²) < 4.78 is 10.1. The predicted octanol–water partition coefficient (Wildman–Crippen LogP) is 6.11. The Morgan fingerprint density at radius 1 is 1.29 bits per heavy atom. The number of carbonyl (C=O) groups excluding carboxylic acids is 2. The van der Waals surface area contributed by atoms with Crippen molar-refractivity contribution >= 4 is 46.0 Å². The van der Waals surface area contributed by atoms with Gasteiger partial charge in [-0.2, -0.15) is 0 Å². The molecule has 0 saturated carbocycles. The number of thioether (sulfide) groups is 1. The zero-order valence-corrected chi connectivity index (χ0v) is 18.7. The minimum Gasteiger partial charge on any atom is -0.483 e. The SMILES string of the molecule is C=C(C)C(CCC(C)C/C=C/C(=O)OC)SC(=O)COc1ccc(Cl)cc1Cl. The van der Waals surface area contributed by atoms with E-state index in [9.17, 15) is 9.59 Å². The Labute approximate surface area is 181 Å². The molecule has 1 aromatic carbocycles. The van der Waals surface area contributed by atoms with Gasteiger partial charge in [-0.15, -0.1) is 0 Å². The lowest BCUT2D eigenvalue weighted by Crippen LogP contribution is -2.15. The first-order valence-corrected chi connectivity index (χ1v) is 10.5. The van der Waals surface area contributed by atoms with Crippen LogP contribution in [0.3, 0.4) is 0 Å². The second-order valence-corrected chi connectivity index (χ2v) is 8.64. The Bertz CT molecular complexity index is 718. The van der Waals surface area contributed by atoms with E-state index in [2.05, 4.69) is 18.2 Å². The molecule has 1 aromatic rings. The normalized spacial score (nSPS) is 13.2. The Kier molecular flexibility index (Phi) is 11.4. The first-order valence-electron chi connectivity index (χ1n) is 8.90. The van der Waals surface area contributed by atoms with Crippen LogP contribution >= 0.6 is 35.0 Å². The summed E-state index contributed by atoms with van der Waals surface area (Å²) in [4.78, 5) is 23.4. The van der Waals surface area contributed by atoms with E-state index in [1.54, 1.807) is 18.2 Å². The number of esters is 1. The van der Waals surface area contributed by atoms with E-state index >= 15 is 0 Å². The number of rotatable bonds is 11. The van der Waals surface area contributed by atoms with Crippen LogP contribution in [0.1, 0.15) is 33.1 Å². The van der Waals surface area contributed by atoms with Gasteiger partial charge in [0.2, 0.25) is 5.12 Å². The van der Waals surface area contributed by atoms with E-state index in [1.807, 2.05) is 13.0 Å². The van der Waals surface area contributed by atoms with Gasteiger partial charge in [0.15, 0.2) is 6.61 Å². The van der Waals surface area contributed by atoms with Gasteiger partial charge in [-0.1, -0.05) is 60.1 Å². The Morgan fingerprint density at radius 3 is 2.61 bits per heavy atom. The van der Waals surface area contributed by atoms with Crippen molar-refractivity contribution in [3.05, 3.63) is 52.5 Å². The molecule has 2 unspecified atom stereocenters. The number of ether oxygens (including phenoxy) is 2. The summed E-state index contributed by atoms with van der Waals surface area (Å²) in [5.41, 5.74) is 0.945. The predicted molar refractivity (Wildman–Crippen MR) is 117 cm³/mol. The van der Waals surface area contributed by atoms with Crippen molar-refractivity contribution in [2.75, 3.05) is 13.7 Å². The van der Waals surface area contributed by atoms with Gasteiger partial charge in [0.05, 0.1) is 12.1 Å². The van der Waals surface area contributed by atoms with Crippen LogP contribution in [-0.4, -0.2) is 30.1 Å². The molecular formula is C21H26Cl2O4S. The monoisotopic (exact) mass is 444 g/mol. The summed E-state index contributed by atoms with van der Waals surface area (Å²) in [6.07, 6.45) is 5.75. The summed E-state index contributed by atoms with van der Waals surface area (Å²) in [6, 6.07) is 4.87. The fraction of sp³-hybridized carbons (Fsp3) is 0.429. The van der Waals surface area contributed by atoms with Gasteiger partial charge in [-0.05, 0) is 50.3 Å². The quantitative estimate of drug-likeness (QED) is 0.234. The third kappa shape index (κ3) is 9.67. The maximum atomic E-state index is 12.3. The molecular weight excluding hydrogens is 419 g/mol. The molecule has 28 heavy (non-hydrogen) atoms. The lowest BCUT2D eigenvalue weighted by Gasteiger charge is -2.18. The van der Waals surface area contributed by atoms with Gasteiger partial charge >= 0.3 is 5.97 Å². The number of hydrogen-bond acceptors (Lipinski definition) is 5. The number of halogens is 2. The molecule has 1 rings (SSSR count). The molecule has 0 aromatic heterocycles. The number of benzene rings is 1. The Hall–Kier alpha value is -1.43. The third-order valence-corrected chi connectivity index (χ3v) is 5.81. The first-order chi connectivity index (χ1) is 13.2. The van der Waals surface area contributed by atoms with Gasteiger partial charge < -0.3 is 9.47 Å². The zero-order chi connectivity index (χ0) is 21.1. The molecule has 0 spiro atoms. The van der Waals surface area contributed by atoms with Gasteiger partial charge in [0.1, 0.15) is 5.75 Å². The van der Waals surface area contributed by atoms with Crippen molar-refractivity contribution in [3.8, 4) is 5.75 Å². The van der Waals surface area contributed by atoms with Crippen LogP contribution < -0.4 is 4.74 Å². The van der Waals surface area contributed by atoms with Crippen LogP contribution in [0.2, 0.25) is 10.0 Å². The number of hydrogen-bond donors (Lipinski definition) is 0. The van der Waals surface area contributed by atoms with Crippen molar-refractivity contribution in [2.45, 2.75) is 38.4 Å². The molecule has 4 nitrogen and oxygen atoms in total. The molecule has 154 valence electrons. The lowest BCUT2D eigenvalue weighted by molar-refractivity contribution is -0.134. The number of methoxy groups -OCH3 is 1. The highest BCUT2D eigenvalue weighted by Crippen LogP contribution is 2.29. The summed E-state index contributed by atoms with van der Waals surface area (Å²) in [7, 11) is 1.35. The molecule has 0 N–H and O–H groups in total. The Balaban J connectivity index is 2.46. The van der Waals surface area contributed by atoms with Gasteiger partial charge in [-0.25, -0.2) is 4.79 Å². The summed E-state index contributed by atoms with van der Waals surface area (Å²) in [5, 5.41) is 0.813. The molecule has 0 bridgehead atoms. The highest BCUT2D eigenvalue weighted by Gasteiger charge is 2.17. The second-order valence-electron chi connectivity index (χ2n) is 6.53. The highest BCUT2D eigenvalue weighted by molar-refractivity contribution is 8.14. The number of carbonyl (C=O) groups is 2. The largest absolute Gasteiger partial charge is 0.483 e. The maximum Gasteiger partial charge on any atom is 0.330 e. The smallest absolute Gasteiger partial charge is 0.330 e. The topological polar surface area (TPSA) is 52.6 Å². The van der Waals surface area contributed by atoms with E-state index in [1.165, 1.54) is 24.9 Å². The molecule has 0 aliphatic rings. The lowest BCUT2D eigenvalue weighted by atomic mass is 9.98. The average molecular weight is 445 g/mol. The van der Waals surface area contributed by atoms with Crippen LogP contribution in [-0.2, 0) is 14.3 Å². The van der Waals surface area contributed by atoms with Crippen LogP contribution in [0.4, 0.5) is 0 Å². The van der Waals surface area contributed by atoms with Crippen molar-refractivity contribution in [1.82, 2.24) is 0 Å². The second kappa shape index (κ2) is 12.9. The molecule has 0 saturated heterocycles. The maximum absolute atomic E-state index is 12.3. The molecule has 7 heteroatoms. The fourth-order valence-corrected chi connectivity index (χ4v) is 3.71. The van der Waals surface area contributed by atoms with E-state index in [0.717, 1.165) is 24.8 Å². The molecule has 0 aliphatic heterocycles. The van der Waals surface area contributed by atoms with Crippen molar-refractivity contribution < 1.29 is 19.1 Å². The van der Waals surface area contributed by atoms with Crippen LogP contribution in [0, 0.1) is 5.92 Å². The standard InChI is InChI=1S/C21H26Cl2O4S/c1-14(2)19(11-8-15(3)6-5-7-20(24)26-4)28-21(25)13-27-18-10-9-16(22)12-17(18)23/h5,7,9-10,12,15,19H,1,6,8,11,13H2,2-4H3/b7-5+. The molecule has 0 radical (unpaired) electrons. The minimum absolute atomic E-state index is 0.0174. The molecule has 0 fully saturated rings. The van der Waals surface area contributed by atoms with Crippen LogP contribution in [0.25, 0.3) is 0 Å². The van der Waals surface area contributed by atoms with E-state index in [0.29, 0.717) is 21.7 Å². The molecule has 0 amide bonds. The van der Waals surface area contributed by atoms with Crippen LogP contribution in [0.15, 0.2) is 42.5 Å². The van der Waals surface area contributed by atoms with Gasteiger partial charge in [-0.3, -0.25) is 4.79 Å². The molecule has 2 atom stereocenters. The van der Waals surface area contributed by atoms with Crippen molar-refractivity contribution in [2.24, 2.45) is 5.92 Å². The van der Waals surface area contributed by atoms with E-state index in [4.69, 9.17) is 27.9 Å². The summed E-state index contributed by atoms with van der Waals surface area (Å²) >= 11 is 13.1. The van der Waals surface area contributed by atoms with Crippen molar-refractivity contribution in [3.63, 3.8) is 0 Å². The van der Waals surface area contributed by atoms with E-state index in [-0.39, 0.29) is 22.9 Å². The zero-order valence-electron chi connectivity index (χ0n) is 16.4. The Morgan fingerprint density at radius 2 is 2.00 bits per heavy atom. The average Bonchev–Trinajstić information content (AvgIpc) is 2.63. The summed E-state index contributed by atoms with van der Waals surface area (Å²) in [6.45, 7) is 7.95. The first kappa shape index (κ1) is 24.6. The van der Waals surface area contributed by atoms with Gasteiger partial charge in [0, 0.05) is 16.3 Å². The third-order valence-electron chi connectivity index (χ3n) is 3.98. The van der Waals surface area contributed by atoms with Gasteiger partial charge in [0.25, 0.3) is 0 Å². The summed E-state index contributed by atoms with van der Waals surface area (Å²) in [5.74, 6) is 0.453.